The fraction of sp³-hybridized carbons (Fsp3) is 0.343. The van der Waals surface area contributed by atoms with Gasteiger partial charge in [-0.05, 0) is 54.3 Å². The molecule has 15 heteroatoms. The molecule has 3 aromatic carbocycles. The van der Waals surface area contributed by atoms with Gasteiger partial charge in [0.15, 0.2) is 34.4 Å². The highest BCUT2D eigenvalue weighted by Crippen LogP contribution is 2.58. The number of phenols is 3. The number of ether oxygens (including phenoxy) is 3. The summed E-state index contributed by atoms with van der Waals surface area (Å²) in [6, 6.07) is 9.19. The molecule has 0 saturated carbocycles. The summed E-state index contributed by atoms with van der Waals surface area (Å²) in [6.07, 6.45) is 0.650. The maximum absolute atomic E-state index is 14.8. The van der Waals surface area contributed by atoms with Gasteiger partial charge in [-0.2, -0.15) is 5.06 Å². The number of hydrogen-bond acceptors (Lipinski definition) is 13. The summed E-state index contributed by atoms with van der Waals surface area (Å²) in [7, 11) is 1.22. The predicted octanol–water partition coefficient (Wildman–Crippen LogP) is 5.91. The molecule has 266 valence electrons. The summed E-state index contributed by atoms with van der Waals surface area (Å²) in [5, 5.41) is 59.8. The summed E-state index contributed by atoms with van der Waals surface area (Å²) >= 11 is 0. The van der Waals surface area contributed by atoms with Gasteiger partial charge in [0.1, 0.15) is 5.75 Å². The van der Waals surface area contributed by atoms with Gasteiger partial charge in [0.2, 0.25) is 5.75 Å². The Morgan fingerprint density at radius 1 is 0.880 bits per heavy atom. The first-order chi connectivity index (χ1) is 23.6. The molecule has 2 aliphatic heterocycles. The number of hydrogen-bond donors (Lipinski definition) is 4. The Labute approximate surface area is 287 Å². The Morgan fingerprint density at radius 3 is 1.92 bits per heavy atom. The lowest BCUT2D eigenvalue weighted by Gasteiger charge is -2.56. The van der Waals surface area contributed by atoms with Crippen LogP contribution in [0.3, 0.4) is 0 Å². The van der Waals surface area contributed by atoms with Crippen LogP contribution >= 0.6 is 0 Å². The maximum Gasteiger partial charge on any atom is 0.374 e. The molecule has 2 aliphatic rings. The zero-order chi connectivity index (χ0) is 36.9. The van der Waals surface area contributed by atoms with Crippen molar-refractivity contribution in [2.24, 2.45) is 11.8 Å². The van der Waals surface area contributed by atoms with Crippen molar-refractivity contribution in [3.8, 4) is 62.5 Å². The number of allylic oxidation sites excluding steroid dienone is 1. The number of phenolic OH excluding ortho intramolecular Hbond substituents is 3. The topological polar surface area (TPSA) is 205 Å². The lowest BCUT2D eigenvalue weighted by Crippen LogP contribution is -2.78. The lowest BCUT2D eigenvalue weighted by atomic mass is 9.89. The third kappa shape index (κ3) is 5.39. The van der Waals surface area contributed by atoms with Crippen LogP contribution in [-0.2, 0) is 19.2 Å². The zero-order valence-electron chi connectivity index (χ0n) is 28.5. The second kappa shape index (κ2) is 13.1. The molecule has 1 unspecified atom stereocenters. The number of carbonyl (C=O) groups is 3. The van der Waals surface area contributed by atoms with E-state index >= 15 is 0 Å². The van der Waals surface area contributed by atoms with E-state index in [1.807, 2.05) is 0 Å². The number of aromatic hydroxyl groups is 3. The fourth-order valence-electron chi connectivity index (χ4n) is 6.12. The number of amides is 1. The number of quaternary nitrogens is 1. The minimum Gasteiger partial charge on any atom is -0.578 e. The van der Waals surface area contributed by atoms with E-state index in [1.165, 1.54) is 49.6 Å². The molecule has 1 amide bonds. The van der Waals surface area contributed by atoms with Crippen LogP contribution in [0.1, 0.15) is 54.4 Å². The van der Waals surface area contributed by atoms with E-state index < -0.39 is 69.1 Å². The van der Waals surface area contributed by atoms with Gasteiger partial charge in [-0.1, -0.05) is 44.6 Å². The Balaban J connectivity index is 1.79. The third-order valence-electron chi connectivity index (χ3n) is 8.93. The van der Waals surface area contributed by atoms with Crippen molar-refractivity contribution >= 4 is 17.8 Å². The first-order valence-electron chi connectivity index (χ1n) is 15.8. The molecule has 0 fully saturated rings. The molecule has 0 aromatic heterocycles. The van der Waals surface area contributed by atoms with Crippen LogP contribution in [0.4, 0.5) is 0 Å². The molecular weight excluding hydrogens is 656 g/mol. The minimum absolute atomic E-state index is 0.000766. The largest absolute Gasteiger partial charge is 0.578 e. The van der Waals surface area contributed by atoms with Crippen molar-refractivity contribution in [1.82, 2.24) is 5.06 Å². The number of benzene rings is 3. The summed E-state index contributed by atoms with van der Waals surface area (Å²) in [4.78, 5) is 48.3. The molecule has 0 radical (unpaired) electrons. The molecular formula is C35H38N2O13. The molecule has 5 rings (SSSR count). The van der Waals surface area contributed by atoms with Gasteiger partial charge >= 0.3 is 29.5 Å². The fourth-order valence-corrected chi connectivity index (χ4v) is 6.12. The van der Waals surface area contributed by atoms with E-state index in [-0.39, 0.29) is 51.6 Å². The SMILES string of the molecule is CC[C@H](C)C1=C(O)[N+]2([O-])Oc3ccc(-c4c(O)c(O)c(-c5ccc(O)cc5)c(OC(C)=O)c4OC(C)=O)cc3O[C@]2([C@@H](C)CC)C(=O)N1OC. The molecule has 3 aromatic rings. The number of fused-ring (bicyclic) bond motifs is 2. The maximum atomic E-state index is 14.8. The quantitative estimate of drug-likeness (QED) is 0.0677. The first-order valence-corrected chi connectivity index (χ1v) is 15.8. The Morgan fingerprint density at radius 2 is 1.42 bits per heavy atom. The Bertz CT molecular complexity index is 1910. The van der Waals surface area contributed by atoms with Crippen molar-refractivity contribution in [1.29, 1.82) is 0 Å². The predicted molar refractivity (Wildman–Crippen MR) is 175 cm³/mol. The van der Waals surface area contributed by atoms with Crippen LogP contribution in [0.25, 0.3) is 22.3 Å². The number of hydroxylamine groups is 6. The van der Waals surface area contributed by atoms with Crippen LogP contribution in [-0.4, -0.2) is 61.0 Å². The van der Waals surface area contributed by atoms with Crippen molar-refractivity contribution in [2.75, 3.05) is 7.11 Å². The summed E-state index contributed by atoms with van der Waals surface area (Å²) in [6.45, 7) is 8.95. The monoisotopic (exact) mass is 694 g/mol. The van der Waals surface area contributed by atoms with Crippen LogP contribution in [0.2, 0.25) is 0 Å². The molecule has 0 bridgehead atoms. The van der Waals surface area contributed by atoms with Gasteiger partial charge in [0.05, 0.1) is 24.2 Å². The molecule has 50 heavy (non-hydrogen) atoms. The van der Waals surface area contributed by atoms with Crippen LogP contribution in [0, 0.1) is 17.0 Å². The molecule has 0 saturated heterocycles. The van der Waals surface area contributed by atoms with E-state index in [0.29, 0.717) is 6.42 Å². The average Bonchev–Trinajstić information content (AvgIpc) is 3.07. The summed E-state index contributed by atoms with van der Waals surface area (Å²) in [5.41, 5.74) is -2.94. The van der Waals surface area contributed by atoms with E-state index in [1.54, 1.807) is 27.7 Å². The minimum atomic E-state index is -2.47. The highest BCUT2D eigenvalue weighted by atomic mass is 17.0. The number of carbonyl (C=O) groups excluding carboxylic acids is 3. The van der Waals surface area contributed by atoms with E-state index in [4.69, 9.17) is 23.9 Å². The molecule has 4 atom stereocenters. The van der Waals surface area contributed by atoms with Crippen molar-refractivity contribution < 1.29 is 63.5 Å². The first kappa shape index (κ1) is 35.8. The van der Waals surface area contributed by atoms with Gasteiger partial charge in [-0.25, -0.2) is 0 Å². The van der Waals surface area contributed by atoms with Crippen LogP contribution in [0.5, 0.6) is 40.2 Å². The van der Waals surface area contributed by atoms with Crippen LogP contribution < -0.4 is 19.0 Å². The highest BCUT2D eigenvalue weighted by Gasteiger charge is 2.72. The van der Waals surface area contributed by atoms with Gasteiger partial charge in [0.25, 0.3) is 0 Å². The summed E-state index contributed by atoms with van der Waals surface area (Å²) < 4.78 is 17.3. The number of nitrogens with zero attached hydrogens (tertiary/aromatic N) is 2. The second-order valence-corrected chi connectivity index (χ2v) is 12.1. The third-order valence-corrected chi connectivity index (χ3v) is 8.93. The van der Waals surface area contributed by atoms with Crippen molar-refractivity contribution in [3.63, 3.8) is 0 Å². The number of rotatable bonds is 9. The Kier molecular flexibility index (Phi) is 9.36. The highest BCUT2D eigenvalue weighted by molar-refractivity contribution is 5.96. The smallest absolute Gasteiger partial charge is 0.374 e. The van der Waals surface area contributed by atoms with Gasteiger partial charge in [0, 0.05) is 19.8 Å². The van der Waals surface area contributed by atoms with Crippen molar-refractivity contribution in [2.45, 2.75) is 60.1 Å². The van der Waals surface area contributed by atoms with Crippen LogP contribution in [0.15, 0.2) is 54.0 Å². The number of aliphatic hydroxyl groups is 1. The van der Waals surface area contributed by atoms with E-state index in [2.05, 4.69) is 0 Å². The molecule has 2 heterocycles. The standard InChI is InChI=1S/C35H38N2O13/c1-8-17(3)28-33(43)37(45)35(18(4)9-2,34(44)36(28)46-7)49-25-16-22(12-15-24(25)50-37)27-30(42)29(41)26(21-10-13-23(40)14-11-21)31(47-19(5)38)32(27)48-20(6)39/h10-18,40-43H,8-9H2,1-7H3/t17-,18-,35+,37?/m0/s1. The second-order valence-electron chi connectivity index (χ2n) is 12.1. The normalized spacial score (nSPS) is 21.0. The van der Waals surface area contributed by atoms with Crippen molar-refractivity contribution in [3.05, 3.63) is 59.3 Å². The average molecular weight is 695 g/mol. The zero-order valence-corrected chi connectivity index (χ0v) is 28.5. The molecule has 4 N–H and O–H groups in total. The number of esters is 2. The van der Waals surface area contributed by atoms with E-state index in [0.717, 1.165) is 18.9 Å². The van der Waals surface area contributed by atoms with Gasteiger partial charge in [-0.15, -0.1) is 0 Å². The number of aliphatic hydroxyl groups excluding tert-OH is 1. The molecule has 15 nitrogen and oxygen atoms in total. The lowest BCUT2D eigenvalue weighted by molar-refractivity contribution is -1.08. The Hall–Kier alpha value is -5.51. The molecule has 0 spiro atoms. The van der Waals surface area contributed by atoms with E-state index in [9.17, 15) is 40.0 Å². The van der Waals surface area contributed by atoms with Gasteiger partial charge < -0.3 is 39.8 Å². The van der Waals surface area contributed by atoms with Gasteiger partial charge in [-0.3, -0.25) is 24.1 Å². The summed E-state index contributed by atoms with van der Waals surface area (Å²) in [5.74, 6) is -7.90. The molecule has 0 aliphatic carbocycles.